The molecule has 2 aliphatic heterocycles. The number of nitrogens with zero attached hydrogens (tertiary/aromatic N) is 1. The molecule has 4 N–H and O–H groups in total. The lowest BCUT2D eigenvalue weighted by molar-refractivity contribution is -0.154. The molecular weight excluding hydrogens is 462 g/mol. The molecular formula is C23H26BrN3O4. The lowest BCUT2D eigenvalue weighted by Gasteiger charge is -2.36. The fourth-order valence-electron chi connectivity index (χ4n) is 4.42. The number of anilines is 1. The van der Waals surface area contributed by atoms with Gasteiger partial charge in [-0.05, 0) is 42.7 Å². The molecule has 0 radical (unpaired) electrons. The topological polar surface area (TPSA) is 102 Å². The number of hydrogen-bond donors (Lipinski definition) is 4. The molecule has 2 aliphatic rings. The number of halogens is 1. The quantitative estimate of drug-likeness (QED) is 0.517. The second-order valence-corrected chi connectivity index (χ2v) is 9.10. The second kappa shape index (κ2) is 8.98. The number of aliphatic hydroxyl groups is 2. The van der Waals surface area contributed by atoms with E-state index in [1.807, 2.05) is 42.5 Å². The van der Waals surface area contributed by atoms with E-state index in [1.54, 1.807) is 6.92 Å². The normalized spacial score (nSPS) is 22.5. The molecule has 0 spiro atoms. The van der Waals surface area contributed by atoms with Gasteiger partial charge in [-0.3, -0.25) is 9.59 Å². The molecule has 1 saturated heterocycles. The minimum Gasteiger partial charge on any atom is -0.380 e. The molecule has 2 aromatic carbocycles. The number of carbonyl (C=O) groups is 2. The highest BCUT2D eigenvalue weighted by atomic mass is 79.9. The summed E-state index contributed by atoms with van der Waals surface area (Å²) in [5.74, 6) is -1.09. The Balaban J connectivity index is 1.34. The van der Waals surface area contributed by atoms with Gasteiger partial charge in [0.1, 0.15) is 0 Å². The van der Waals surface area contributed by atoms with Crippen molar-refractivity contribution in [3.05, 3.63) is 64.1 Å². The van der Waals surface area contributed by atoms with Crippen molar-refractivity contribution < 1.29 is 19.8 Å². The summed E-state index contributed by atoms with van der Waals surface area (Å²) in [6.07, 6.45) is -2.88. The average molecular weight is 488 g/mol. The Morgan fingerprint density at radius 3 is 2.58 bits per heavy atom. The van der Waals surface area contributed by atoms with E-state index in [0.29, 0.717) is 19.0 Å². The molecule has 7 nitrogen and oxygen atoms in total. The van der Waals surface area contributed by atoms with E-state index in [1.165, 1.54) is 10.5 Å². The summed E-state index contributed by atoms with van der Waals surface area (Å²) in [5.41, 5.74) is 3.17. The molecule has 1 fully saturated rings. The van der Waals surface area contributed by atoms with Crippen LogP contribution >= 0.6 is 15.9 Å². The predicted octanol–water partition coefficient (Wildman–Crippen LogP) is 2.16. The van der Waals surface area contributed by atoms with E-state index in [2.05, 4.69) is 32.6 Å². The summed E-state index contributed by atoms with van der Waals surface area (Å²) in [5, 5.41) is 26.8. The van der Waals surface area contributed by atoms with Crippen LogP contribution in [0.25, 0.3) is 0 Å². The van der Waals surface area contributed by atoms with Crippen LogP contribution in [0.15, 0.2) is 53.0 Å². The Morgan fingerprint density at radius 2 is 1.84 bits per heavy atom. The third-order valence-electron chi connectivity index (χ3n) is 6.18. The zero-order valence-electron chi connectivity index (χ0n) is 17.2. The number of amides is 2. The van der Waals surface area contributed by atoms with Gasteiger partial charge in [0, 0.05) is 29.2 Å². The summed E-state index contributed by atoms with van der Waals surface area (Å²) in [7, 11) is 0. The predicted molar refractivity (Wildman–Crippen MR) is 121 cm³/mol. The minimum atomic E-state index is -1.84. The van der Waals surface area contributed by atoms with Crippen LogP contribution in [-0.2, 0) is 9.59 Å². The Kier molecular flexibility index (Phi) is 6.31. The van der Waals surface area contributed by atoms with Crippen molar-refractivity contribution in [2.75, 3.05) is 18.4 Å². The van der Waals surface area contributed by atoms with Gasteiger partial charge in [0.2, 0.25) is 0 Å². The van der Waals surface area contributed by atoms with E-state index >= 15 is 0 Å². The van der Waals surface area contributed by atoms with E-state index in [9.17, 15) is 19.8 Å². The molecule has 2 heterocycles. The molecule has 5 atom stereocenters. The van der Waals surface area contributed by atoms with Crippen LogP contribution in [0, 0.1) is 0 Å². The van der Waals surface area contributed by atoms with Gasteiger partial charge >= 0.3 is 0 Å². The fourth-order valence-corrected chi connectivity index (χ4v) is 4.69. The Bertz CT molecular complexity index is 968. The van der Waals surface area contributed by atoms with Gasteiger partial charge in [-0.1, -0.05) is 46.3 Å². The maximum Gasteiger partial charge on any atom is 0.254 e. The number of benzene rings is 2. The maximum atomic E-state index is 12.8. The number of para-hydroxylation sites is 1. The largest absolute Gasteiger partial charge is 0.380 e. The number of piperidine rings is 1. The highest BCUT2D eigenvalue weighted by molar-refractivity contribution is 9.10. The van der Waals surface area contributed by atoms with Gasteiger partial charge in [-0.25, -0.2) is 0 Å². The smallest absolute Gasteiger partial charge is 0.254 e. The van der Waals surface area contributed by atoms with Crippen LogP contribution in [0.3, 0.4) is 0 Å². The number of nitrogens with one attached hydrogen (secondary N) is 2. The van der Waals surface area contributed by atoms with Crippen LogP contribution in [-0.4, -0.2) is 58.3 Å². The summed E-state index contributed by atoms with van der Waals surface area (Å²) in [6.45, 7) is 2.66. The third kappa shape index (κ3) is 4.46. The lowest BCUT2D eigenvalue weighted by Crippen LogP contribution is -2.55. The van der Waals surface area contributed by atoms with Gasteiger partial charge in [0.05, 0.1) is 12.1 Å². The lowest BCUT2D eigenvalue weighted by atomic mass is 9.88. The Morgan fingerprint density at radius 1 is 1.13 bits per heavy atom. The zero-order chi connectivity index (χ0) is 22.1. The van der Waals surface area contributed by atoms with Crippen LogP contribution < -0.4 is 10.6 Å². The van der Waals surface area contributed by atoms with Crippen LogP contribution in [0.1, 0.15) is 36.4 Å². The summed E-state index contributed by atoms with van der Waals surface area (Å²) >= 11 is 3.36. The zero-order valence-corrected chi connectivity index (χ0v) is 18.7. The first-order valence-electron chi connectivity index (χ1n) is 10.4. The van der Waals surface area contributed by atoms with Crippen molar-refractivity contribution >= 4 is 33.4 Å². The second-order valence-electron chi connectivity index (χ2n) is 8.19. The number of hydrogen-bond acceptors (Lipinski definition) is 5. The number of carbonyl (C=O) groups excluding carboxylic acids is 2. The van der Waals surface area contributed by atoms with E-state index in [0.717, 1.165) is 22.1 Å². The van der Waals surface area contributed by atoms with Crippen molar-refractivity contribution in [3.63, 3.8) is 0 Å². The minimum absolute atomic E-state index is 0.0608. The van der Waals surface area contributed by atoms with Crippen molar-refractivity contribution in [1.29, 1.82) is 0 Å². The highest BCUT2D eigenvalue weighted by Crippen LogP contribution is 2.40. The molecule has 8 heteroatoms. The van der Waals surface area contributed by atoms with E-state index in [-0.39, 0.29) is 12.1 Å². The average Bonchev–Trinajstić information content (AvgIpc) is 3.15. The third-order valence-corrected chi connectivity index (χ3v) is 6.70. The standard InChI is InChI=1S/C23H26BrN3O4/c1-13(14-6-8-15(24)9-7-14)25-22(30)20(28)21(29)23(31)27-11-10-17-16-4-2-3-5-18(16)26-19(17)12-27/h2-9,13,17,19-21,26,28-29H,10-12H2,1H3,(H,25,30)/t13-,17?,19?,20+,21+/m0/s1. The van der Waals surface area contributed by atoms with Gasteiger partial charge in [0.15, 0.2) is 12.2 Å². The van der Waals surface area contributed by atoms with Crippen LogP contribution in [0.4, 0.5) is 5.69 Å². The molecule has 0 bridgehead atoms. The first kappa shape index (κ1) is 21.8. The first-order valence-corrected chi connectivity index (χ1v) is 11.2. The molecule has 2 amide bonds. The molecule has 4 rings (SSSR count). The molecule has 2 aromatic rings. The van der Waals surface area contributed by atoms with Gasteiger partial charge in [-0.15, -0.1) is 0 Å². The molecule has 31 heavy (non-hydrogen) atoms. The van der Waals surface area contributed by atoms with Gasteiger partial charge in [0.25, 0.3) is 11.8 Å². The number of likely N-dealkylation sites (tertiary alicyclic amines) is 1. The van der Waals surface area contributed by atoms with Gasteiger partial charge < -0.3 is 25.7 Å². The summed E-state index contributed by atoms with van der Waals surface area (Å²) < 4.78 is 0.916. The molecule has 0 aromatic heterocycles. The number of aliphatic hydroxyl groups excluding tert-OH is 2. The van der Waals surface area contributed by atoms with E-state index in [4.69, 9.17) is 0 Å². The van der Waals surface area contributed by atoms with E-state index < -0.39 is 24.0 Å². The van der Waals surface area contributed by atoms with Crippen molar-refractivity contribution in [2.45, 2.75) is 43.6 Å². The Labute approximate surface area is 189 Å². The van der Waals surface area contributed by atoms with Crippen LogP contribution in [0.5, 0.6) is 0 Å². The molecule has 0 aliphatic carbocycles. The molecule has 2 unspecified atom stereocenters. The Hall–Kier alpha value is -2.42. The van der Waals surface area contributed by atoms with Crippen molar-refractivity contribution in [3.8, 4) is 0 Å². The molecule has 164 valence electrons. The maximum absolute atomic E-state index is 12.8. The summed E-state index contributed by atoms with van der Waals surface area (Å²) in [6, 6.07) is 15.2. The highest BCUT2D eigenvalue weighted by Gasteiger charge is 2.41. The summed E-state index contributed by atoms with van der Waals surface area (Å²) in [4.78, 5) is 26.8. The van der Waals surface area contributed by atoms with Gasteiger partial charge in [-0.2, -0.15) is 0 Å². The van der Waals surface area contributed by atoms with Crippen LogP contribution in [0.2, 0.25) is 0 Å². The van der Waals surface area contributed by atoms with Crippen molar-refractivity contribution in [1.82, 2.24) is 10.2 Å². The monoisotopic (exact) mass is 487 g/mol. The fraction of sp³-hybridized carbons (Fsp3) is 0.391. The van der Waals surface area contributed by atoms with Crippen molar-refractivity contribution in [2.24, 2.45) is 0 Å². The SMILES string of the molecule is C[C@H](NC(=O)[C@H](O)[C@@H](O)C(=O)N1CCC2c3ccccc3NC2C1)c1ccc(Br)cc1. The first-order chi connectivity index (χ1) is 14.8. The number of fused-ring (bicyclic) bond motifs is 3. The molecule has 0 saturated carbocycles. The number of rotatable bonds is 5.